The Bertz CT molecular complexity index is 430. The van der Waals surface area contributed by atoms with Crippen molar-refractivity contribution in [2.24, 2.45) is 0 Å². The summed E-state index contributed by atoms with van der Waals surface area (Å²) in [5.41, 5.74) is 2.59. The van der Waals surface area contributed by atoms with Crippen molar-refractivity contribution in [3.63, 3.8) is 0 Å². The quantitative estimate of drug-likeness (QED) is 0.716. The maximum atomic E-state index is 6.33. The van der Waals surface area contributed by atoms with Crippen molar-refractivity contribution >= 4 is 11.6 Å². The molecule has 1 heterocycles. The second kappa shape index (κ2) is 5.92. The second-order valence-corrected chi connectivity index (χ2v) is 5.02. The van der Waals surface area contributed by atoms with Gasteiger partial charge in [0.1, 0.15) is 5.76 Å². The molecule has 2 rings (SSSR count). The Hall–Kier alpha value is -1.21. The van der Waals surface area contributed by atoms with Crippen molar-refractivity contribution in [1.29, 1.82) is 0 Å². The molecule has 0 fully saturated rings. The first-order chi connectivity index (χ1) is 8.24. The normalized spacial score (nSPS) is 12.6. The summed E-state index contributed by atoms with van der Waals surface area (Å²) in [7, 11) is 0. The number of rotatable bonds is 5. The maximum Gasteiger partial charge on any atom is 0.103 e. The van der Waals surface area contributed by atoms with Gasteiger partial charge in [-0.1, -0.05) is 29.8 Å². The number of alkyl halides is 1. The molecule has 2 heteroatoms. The van der Waals surface area contributed by atoms with Crippen LogP contribution in [0.3, 0.4) is 0 Å². The number of furan rings is 1. The van der Waals surface area contributed by atoms with Crippen LogP contribution < -0.4 is 0 Å². The van der Waals surface area contributed by atoms with E-state index in [4.69, 9.17) is 16.0 Å². The SMILES string of the molecule is Cc1ccc(CC(Cl)CCc2ccco2)cc1. The van der Waals surface area contributed by atoms with Crippen LogP contribution in [0.2, 0.25) is 0 Å². The summed E-state index contributed by atoms with van der Waals surface area (Å²) >= 11 is 6.33. The molecule has 1 nitrogen and oxygen atoms in total. The summed E-state index contributed by atoms with van der Waals surface area (Å²) < 4.78 is 5.29. The Kier molecular flexibility index (Phi) is 4.27. The summed E-state index contributed by atoms with van der Waals surface area (Å²) in [6.07, 6.45) is 4.48. The van der Waals surface area contributed by atoms with Crippen molar-refractivity contribution in [2.45, 2.75) is 31.6 Å². The van der Waals surface area contributed by atoms with E-state index in [1.54, 1.807) is 6.26 Å². The van der Waals surface area contributed by atoms with Crippen LogP contribution in [0.4, 0.5) is 0 Å². The molecule has 90 valence electrons. The molecule has 2 aromatic rings. The molecular formula is C15H17ClO. The van der Waals surface area contributed by atoms with Gasteiger partial charge in [-0.3, -0.25) is 0 Å². The lowest BCUT2D eigenvalue weighted by Crippen LogP contribution is -2.04. The third-order valence-corrected chi connectivity index (χ3v) is 3.23. The highest BCUT2D eigenvalue weighted by molar-refractivity contribution is 6.20. The Morgan fingerprint density at radius 1 is 1.18 bits per heavy atom. The minimum atomic E-state index is 0.169. The highest BCUT2D eigenvalue weighted by atomic mass is 35.5. The summed E-state index contributed by atoms with van der Waals surface area (Å²) in [6, 6.07) is 12.5. The molecule has 0 spiro atoms. The first-order valence-corrected chi connectivity index (χ1v) is 6.39. The van der Waals surface area contributed by atoms with Crippen molar-refractivity contribution in [3.05, 3.63) is 59.5 Å². The number of halogens is 1. The van der Waals surface area contributed by atoms with Crippen molar-refractivity contribution < 1.29 is 4.42 Å². The topological polar surface area (TPSA) is 13.1 Å². The lowest BCUT2D eigenvalue weighted by atomic mass is 10.0. The van der Waals surface area contributed by atoms with Crippen LogP contribution in [0.25, 0.3) is 0 Å². The third-order valence-electron chi connectivity index (χ3n) is 2.86. The zero-order valence-corrected chi connectivity index (χ0v) is 10.8. The predicted octanol–water partition coefficient (Wildman–Crippen LogP) is 4.37. The largest absolute Gasteiger partial charge is 0.469 e. The minimum absolute atomic E-state index is 0.169. The van der Waals surface area contributed by atoms with Crippen LogP contribution in [-0.4, -0.2) is 5.38 Å². The number of hydrogen-bond donors (Lipinski definition) is 0. The van der Waals surface area contributed by atoms with Crippen molar-refractivity contribution in [2.75, 3.05) is 0 Å². The van der Waals surface area contributed by atoms with Crippen LogP contribution in [0, 0.1) is 6.92 Å². The number of benzene rings is 1. The third kappa shape index (κ3) is 3.94. The van der Waals surface area contributed by atoms with Gasteiger partial charge in [0.15, 0.2) is 0 Å². The van der Waals surface area contributed by atoms with Gasteiger partial charge in [0, 0.05) is 11.8 Å². The number of hydrogen-bond acceptors (Lipinski definition) is 1. The molecule has 1 atom stereocenters. The first kappa shape index (κ1) is 12.3. The molecule has 17 heavy (non-hydrogen) atoms. The van der Waals surface area contributed by atoms with Crippen LogP contribution in [0.5, 0.6) is 0 Å². The Balaban J connectivity index is 1.80. The Morgan fingerprint density at radius 2 is 1.94 bits per heavy atom. The Morgan fingerprint density at radius 3 is 2.59 bits per heavy atom. The lowest BCUT2D eigenvalue weighted by Gasteiger charge is -2.08. The summed E-state index contributed by atoms with van der Waals surface area (Å²) in [5, 5.41) is 0.169. The molecular weight excluding hydrogens is 232 g/mol. The van der Waals surface area contributed by atoms with E-state index in [2.05, 4.69) is 31.2 Å². The second-order valence-electron chi connectivity index (χ2n) is 4.41. The molecule has 0 aliphatic carbocycles. The van der Waals surface area contributed by atoms with Gasteiger partial charge in [0.25, 0.3) is 0 Å². The fourth-order valence-corrected chi connectivity index (χ4v) is 2.12. The van der Waals surface area contributed by atoms with Crippen LogP contribution >= 0.6 is 11.6 Å². The van der Waals surface area contributed by atoms with Gasteiger partial charge < -0.3 is 4.42 Å². The predicted molar refractivity (Wildman–Crippen MR) is 71.6 cm³/mol. The van der Waals surface area contributed by atoms with Gasteiger partial charge in [-0.05, 0) is 37.5 Å². The molecule has 0 N–H and O–H groups in total. The molecule has 0 radical (unpaired) electrons. The molecule has 0 amide bonds. The molecule has 0 bridgehead atoms. The van der Waals surface area contributed by atoms with E-state index in [1.165, 1.54) is 11.1 Å². The molecule has 1 aromatic carbocycles. The lowest BCUT2D eigenvalue weighted by molar-refractivity contribution is 0.499. The van der Waals surface area contributed by atoms with E-state index in [1.807, 2.05) is 12.1 Å². The van der Waals surface area contributed by atoms with Gasteiger partial charge >= 0.3 is 0 Å². The fraction of sp³-hybridized carbons (Fsp3) is 0.333. The van der Waals surface area contributed by atoms with E-state index in [-0.39, 0.29) is 5.38 Å². The van der Waals surface area contributed by atoms with Crippen molar-refractivity contribution in [3.8, 4) is 0 Å². The Labute approximate surface area is 107 Å². The van der Waals surface area contributed by atoms with Gasteiger partial charge in [-0.25, -0.2) is 0 Å². The highest BCUT2D eigenvalue weighted by Gasteiger charge is 2.07. The van der Waals surface area contributed by atoms with E-state index in [0.717, 1.165) is 25.0 Å². The monoisotopic (exact) mass is 248 g/mol. The van der Waals surface area contributed by atoms with Crippen LogP contribution in [0.15, 0.2) is 47.1 Å². The van der Waals surface area contributed by atoms with Gasteiger partial charge in [0.05, 0.1) is 6.26 Å². The smallest absolute Gasteiger partial charge is 0.103 e. The van der Waals surface area contributed by atoms with Crippen LogP contribution in [-0.2, 0) is 12.8 Å². The fourth-order valence-electron chi connectivity index (χ4n) is 1.84. The van der Waals surface area contributed by atoms with Crippen molar-refractivity contribution in [1.82, 2.24) is 0 Å². The molecule has 0 aliphatic heterocycles. The van der Waals surface area contributed by atoms with E-state index in [0.29, 0.717) is 0 Å². The molecule has 0 saturated carbocycles. The molecule has 0 saturated heterocycles. The summed E-state index contributed by atoms with van der Waals surface area (Å²) in [6.45, 7) is 2.10. The zero-order valence-electron chi connectivity index (χ0n) is 10.0. The van der Waals surface area contributed by atoms with Gasteiger partial charge in [0.2, 0.25) is 0 Å². The zero-order chi connectivity index (χ0) is 12.1. The van der Waals surface area contributed by atoms with E-state index in [9.17, 15) is 0 Å². The molecule has 1 unspecified atom stereocenters. The van der Waals surface area contributed by atoms with Gasteiger partial charge in [-0.2, -0.15) is 0 Å². The highest BCUT2D eigenvalue weighted by Crippen LogP contribution is 2.15. The van der Waals surface area contributed by atoms with E-state index < -0.39 is 0 Å². The maximum absolute atomic E-state index is 6.33. The number of aryl methyl sites for hydroxylation is 2. The summed E-state index contributed by atoms with van der Waals surface area (Å²) in [5.74, 6) is 1.01. The minimum Gasteiger partial charge on any atom is -0.469 e. The van der Waals surface area contributed by atoms with Gasteiger partial charge in [-0.15, -0.1) is 11.6 Å². The van der Waals surface area contributed by atoms with E-state index >= 15 is 0 Å². The first-order valence-electron chi connectivity index (χ1n) is 5.96. The standard InChI is InChI=1S/C15H17ClO/c1-12-4-6-13(7-5-12)11-14(16)8-9-15-3-2-10-17-15/h2-7,10,14H,8-9,11H2,1H3. The van der Waals surface area contributed by atoms with Crippen LogP contribution in [0.1, 0.15) is 23.3 Å². The molecule has 0 aliphatic rings. The summed E-state index contributed by atoms with van der Waals surface area (Å²) in [4.78, 5) is 0. The average molecular weight is 249 g/mol. The molecule has 1 aromatic heterocycles. The average Bonchev–Trinajstić information content (AvgIpc) is 2.83.